The van der Waals surface area contributed by atoms with E-state index in [1.54, 1.807) is 61.0 Å². The molecule has 0 saturated carbocycles. The molecular weight excluding hydrogens is 552 g/mol. The third-order valence-electron chi connectivity index (χ3n) is 6.55. The smallest absolute Gasteiger partial charge is 0.243 e. The largest absolute Gasteiger partial charge is 0.379 e. The normalized spacial score (nSPS) is 18.0. The van der Waals surface area contributed by atoms with Crippen molar-refractivity contribution < 1.29 is 26.3 Å². The number of benzene rings is 3. The van der Waals surface area contributed by atoms with Gasteiger partial charge in [-0.05, 0) is 59.7 Å². The highest BCUT2D eigenvalue weighted by molar-refractivity contribution is 7.89. The van der Waals surface area contributed by atoms with Gasteiger partial charge < -0.3 is 9.47 Å². The van der Waals surface area contributed by atoms with Crippen LogP contribution in [0.2, 0.25) is 0 Å². The van der Waals surface area contributed by atoms with Gasteiger partial charge in [0.05, 0.1) is 47.6 Å². The first-order chi connectivity index (χ1) is 19.3. The molecule has 0 spiro atoms. The van der Waals surface area contributed by atoms with Crippen molar-refractivity contribution in [3.05, 3.63) is 83.9 Å². The third-order valence-corrected chi connectivity index (χ3v) is 10.4. The van der Waals surface area contributed by atoms with Crippen LogP contribution in [-0.4, -0.2) is 90.5 Å². The van der Waals surface area contributed by atoms with E-state index in [1.807, 2.05) is 24.3 Å². The molecule has 40 heavy (non-hydrogen) atoms. The number of rotatable bonds is 8. The predicted octanol–water partition coefficient (Wildman–Crippen LogP) is 3.23. The van der Waals surface area contributed by atoms with Crippen molar-refractivity contribution in [2.45, 2.75) is 9.79 Å². The molecule has 0 amide bonds. The molecule has 0 unspecified atom stereocenters. The highest BCUT2D eigenvalue weighted by Gasteiger charge is 2.27. The van der Waals surface area contributed by atoms with Crippen LogP contribution in [0.4, 0.5) is 11.4 Å². The van der Waals surface area contributed by atoms with Crippen LogP contribution in [0.3, 0.4) is 0 Å². The first-order valence-corrected chi connectivity index (χ1v) is 15.7. The van der Waals surface area contributed by atoms with Gasteiger partial charge >= 0.3 is 0 Å². The van der Waals surface area contributed by atoms with Crippen LogP contribution in [-0.2, 0) is 29.5 Å². The van der Waals surface area contributed by atoms with E-state index in [0.717, 1.165) is 11.1 Å². The second-order valence-corrected chi connectivity index (χ2v) is 13.1. The standard InChI is InChI=1S/C28H30N4O6S2/c33-39(34,31-13-17-37-18-14-31)27-9-5-25(6-10-27)29-21-23-1-2-24(4-3-23)22-30-26-7-11-28(12-8-26)40(35,36)32-15-19-38-20-16-32/h1-12,21-22H,13-20H2. The van der Waals surface area contributed by atoms with Gasteiger partial charge in [0.25, 0.3) is 0 Å². The molecule has 210 valence electrons. The zero-order valence-corrected chi connectivity index (χ0v) is 23.4. The van der Waals surface area contributed by atoms with Gasteiger partial charge in [-0.3, -0.25) is 9.98 Å². The Kier molecular flexibility index (Phi) is 8.84. The van der Waals surface area contributed by atoms with Gasteiger partial charge in [-0.2, -0.15) is 8.61 Å². The number of ether oxygens (including phenoxy) is 2. The summed E-state index contributed by atoms with van der Waals surface area (Å²) in [5, 5.41) is 0. The number of hydrogen-bond acceptors (Lipinski definition) is 8. The van der Waals surface area contributed by atoms with E-state index < -0.39 is 20.0 Å². The zero-order chi connectivity index (χ0) is 28.0. The molecule has 0 bridgehead atoms. The van der Waals surface area contributed by atoms with Crippen molar-refractivity contribution >= 4 is 43.9 Å². The molecule has 2 fully saturated rings. The second-order valence-electron chi connectivity index (χ2n) is 9.20. The number of aliphatic imine (C=N–C) groups is 2. The minimum absolute atomic E-state index is 0.241. The summed E-state index contributed by atoms with van der Waals surface area (Å²) in [5.74, 6) is 0. The summed E-state index contributed by atoms with van der Waals surface area (Å²) in [6, 6.07) is 20.6. The Morgan fingerprint density at radius 1 is 0.525 bits per heavy atom. The quantitative estimate of drug-likeness (QED) is 0.377. The highest BCUT2D eigenvalue weighted by Crippen LogP contribution is 2.22. The van der Waals surface area contributed by atoms with E-state index in [9.17, 15) is 16.8 Å². The SMILES string of the molecule is O=S(=O)(c1ccc(N=Cc2ccc(C=Nc3ccc(S(=O)(=O)N4CCOCC4)cc3)cc2)cc1)N1CCOCC1. The van der Waals surface area contributed by atoms with Crippen molar-refractivity contribution in [2.24, 2.45) is 9.98 Å². The summed E-state index contributed by atoms with van der Waals surface area (Å²) in [5.41, 5.74) is 3.04. The Bertz CT molecular complexity index is 1440. The molecule has 0 atom stereocenters. The molecule has 2 saturated heterocycles. The fourth-order valence-electron chi connectivity index (χ4n) is 4.25. The van der Waals surface area contributed by atoms with E-state index in [-0.39, 0.29) is 9.79 Å². The molecule has 2 heterocycles. The molecule has 0 aliphatic carbocycles. The van der Waals surface area contributed by atoms with E-state index in [0.29, 0.717) is 64.0 Å². The lowest BCUT2D eigenvalue weighted by atomic mass is 10.1. The molecular formula is C28H30N4O6S2. The van der Waals surface area contributed by atoms with Crippen LogP contribution in [0.1, 0.15) is 11.1 Å². The minimum atomic E-state index is -3.53. The second kappa shape index (κ2) is 12.5. The van der Waals surface area contributed by atoms with Crippen LogP contribution in [0.25, 0.3) is 0 Å². The molecule has 3 aromatic rings. The Morgan fingerprint density at radius 2 is 0.850 bits per heavy atom. The summed E-state index contributed by atoms with van der Waals surface area (Å²) < 4.78 is 64.4. The Morgan fingerprint density at radius 3 is 1.18 bits per heavy atom. The fourth-order valence-corrected chi connectivity index (χ4v) is 7.06. The summed E-state index contributed by atoms with van der Waals surface area (Å²) in [6.45, 7) is 3.04. The van der Waals surface area contributed by atoms with Gasteiger partial charge in [0.15, 0.2) is 0 Å². The zero-order valence-electron chi connectivity index (χ0n) is 21.8. The lowest BCUT2D eigenvalue weighted by molar-refractivity contribution is 0.0730. The maximum Gasteiger partial charge on any atom is 0.243 e. The lowest BCUT2D eigenvalue weighted by Gasteiger charge is -2.26. The Hall–Kier alpha value is -3.26. The summed E-state index contributed by atoms with van der Waals surface area (Å²) >= 11 is 0. The predicted molar refractivity (Wildman–Crippen MR) is 153 cm³/mol. The van der Waals surface area contributed by atoms with Crippen molar-refractivity contribution in [3.63, 3.8) is 0 Å². The van der Waals surface area contributed by atoms with Crippen molar-refractivity contribution in [2.75, 3.05) is 52.6 Å². The molecule has 2 aliphatic heterocycles. The monoisotopic (exact) mass is 582 g/mol. The molecule has 10 nitrogen and oxygen atoms in total. The van der Waals surface area contributed by atoms with Crippen LogP contribution in [0.15, 0.2) is 92.6 Å². The number of sulfonamides is 2. The van der Waals surface area contributed by atoms with Gasteiger partial charge in [0.2, 0.25) is 20.0 Å². The molecule has 0 N–H and O–H groups in total. The van der Waals surface area contributed by atoms with E-state index in [2.05, 4.69) is 9.98 Å². The first-order valence-electron chi connectivity index (χ1n) is 12.9. The average Bonchev–Trinajstić information content (AvgIpc) is 3.01. The minimum Gasteiger partial charge on any atom is -0.379 e. The van der Waals surface area contributed by atoms with Gasteiger partial charge in [0.1, 0.15) is 0 Å². The number of hydrogen-bond donors (Lipinski definition) is 0. The Labute approximate surface area is 234 Å². The Balaban J connectivity index is 1.18. The van der Waals surface area contributed by atoms with Crippen LogP contribution < -0.4 is 0 Å². The molecule has 2 aliphatic rings. The summed E-state index contributed by atoms with van der Waals surface area (Å²) in [7, 11) is -7.07. The molecule has 0 radical (unpaired) electrons. The van der Waals surface area contributed by atoms with Crippen molar-refractivity contribution in [1.82, 2.24) is 8.61 Å². The van der Waals surface area contributed by atoms with Gasteiger partial charge in [-0.25, -0.2) is 16.8 Å². The number of morpholine rings is 2. The maximum absolute atomic E-state index is 12.8. The van der Waals surface area contributed by atoms with Crippen LogP contribution >= 0.6 is 0 Å². The van der Waals surface area contributed by atoms with Gasteiger partial charge in [-0.15, -0.1) is 0 Å². The van der Waals surface area contributed by atoms with Crippen LogP contribution in [0.5, 0.6) is 0 Å². The maximum atomic E-state index is 12.8. The molecule has 3 aromatic carbocycles. The van der Waals surface area contributed by atoms with Crippen LogP contribution in [0, 0.1) is 0 Å². The lowest BCUT2D eigenvalue weighted by Crippen LogP contribution is -2.40. The average molecular weight is 583 g/mol. The summed E-state index contributed by atoms with van der Waals surface area (Å²) in [6.07, 6.45) is 3.42. The van der Waals surface area contributed by atoms with E-state index in [1.165, 1.54) is 8.61 Å². The summed E-state index contributed by atoms with van der Waals surface area (Å²) in [4.78, 5) is 9.38. The van der Waals surface area contributed by atoms with E-state index >= 15 is 0 Å². The molecule has 0 aromatic heterocycles. The first kappa shape index (κ1) is 28.3. The van der Waals surface area contributed by atoms with Gasteiger partial charge in [0, 0.05) is 38.6 Å². The van der Waals surface area contributed by atoms with Gasteiger partial charge in [-0.1, -0.05) is 24.3 Å². The van der Waals surface area contributed by atoms with E-state index in [4.69, 9.17) is 9.47 Å². The fraction of sp³-hybridized carbons (Fsp3) is 0.286. The highest BCUT2D eigenvalue weighted by atomic mass is 32.2. The van der Waals surface area contributed by atoms with Crippen molar-refractivity contribution in [1.29, 1.82) is 0 Å². The van der Waals surface area contributed by atoms with Crippen molar-refractivity contribution in [3.8, 4) is 0 Å². The number of nitrogens with zero attached hydrogens (tertiary/aromatic N) is 4. The third kappa shape index (κ3) is 6.72. The topological polar surface area (TPSA) is 118 Å². The molecule has 12 heteroatoms. The molecule has 5 rings (SSSR count).